The van der Waals surface area contributed by atoms with Gasteiger partial charge in [0.1, 0.15) is 5.82 Å². The van der Waals surface area contributed by atoms with E-state index in [0.29, 0.717) is 17.5 Å². The van der Waals surface area contributed by atoms with E-state index < -0.39 is 29.9 Å². The lowest BCUT2D eigenvalue weighted by Crippen LogP contribution is -2.46. The Hall–Kier alpha value is -2.85. The van der Waals surface area contributed by atoms with Gasteiger partial charge in [-0.15, -0.1) is 0 Å². The van der Waals surface area contributed by atoms with Crippen LogP contribution < -0.4 is 5.32 Å². The molecule has 7 nitrogen and oxygen atoms in total. The second-order valence-electron chi connectivity index (χ2n) is 7.78. The van der Waals surface area contributed by atoms with Crippen LogP contribution in [-0.4, -0.2) is 63.4 Å². The van der Waals surface area contributed by atoms with Gasteiger partial charge in [-0.2, -0.15) is 13.2 Å². The highest BCUT2D eigenvalue weighted by molar-refractivity contribution is 6.07. The number of imidazole rings is 1. The van der Waals surface area contributed by atoms with Gasteiger partial charge in [-0.25, -0.2) is 4.98 Å². The van der Waals surface area contributed by atoms with Gasteiger partial charge in [0.2, 0.25) is 5.60 Å². The van der Waals surface area contributed by atoms with E-state index >= 15 is 0 Å². The van der Waals surface area contributed by atoms with Crippen LogP contribution >= 0.6 is 0 Å². The topological polar surface area (TPSA) is 75.3 Å². The second-order valence-corrected chi connectivity index (χ2v) is 7.78. The number of halogens is 3. The normalized spacial score (nSPS) is 14.2. The Morgan fingerprint density at radius 3 is 2.58 bits per heavy atom. The third kappa shape index (κ3) is 4.59. The van der Waals surface area contributed by atoms with Gasteiger partial charge in [-0.3, -0.25) is 4.79 Å². The Labute approximate surface area is 178 Å². The first-order valence-electron chi connectivity index (χ1n) is 9.82. The summed E-state index contributed by atoms with van der Waals surface area (Å²) in [6.45, 7) is 1.05. The number of aliphatic hydroxyl groups is 1. The minimum atomic E-state index is -4.95. The molecule has 10 heteroatoms. The lowest BCUT2D eigenvalue weighted by atomic mass is 9.97. The van der Waals surface area contributed by atoms with Crippen LogP contribution in [0.15, 0.2) is 42.9 Å². The van der Waals surface area contributed by atoms with Crippen LogP contribution in [0, 0.1) is 0 Å². The fourth-order valence-corrected chi connectivity index (χ4v) is 3.52. The van der Waals surface area contributed by atoms with Crippen molar-refractivity contribution in [2.75, 3.05) is 27.2 Å². The molecule has 0 aliphatic heterocycles. The van der Waals surface area contributed by atoms with Crippen molar-refractivity contribution in [1.29, 1.82) is 0 Å². The van der Waals surface area contributed by atoms with E-state index in [9.17, 15) is 23.1 Å². The Balaban J connectivity index is 1.78. The van der Waals surface area contributed by atoms with Gasteiger partial charge >= 0.3 is 6.18 Å². The summed E-state index contributed by atoms with van der Waals surface area (Å²) in [5, 5.41) is 13.6. The van der Waals surface area contributed by atoms with Gasteiger partial charge in [0, 0.05) is 62.6 Å². The minimum absolute atomic E-state index is 0.376. The number of nitrogens with one attached hydrogen (secondary N) is 1. The van der Waals surface area contributed by atoms with Crippen LogP contribution in [0.4, 0.5) is 13.2 Å². The number of aryl methyl sites for hydroxylation is 1. The van der Waals surface area contributed by atoms with Crippen LogP contribution in [0.2, 0.25) is 0 Å². The molecule has 3 rings (SSSR count). The average molecular weight is 437 g/mol. The van der Waals surface area contributed by atoms with Gasteiger partial charge in [0.15, 0.2) is 0 Å². The average Bonchev–Trinajstić information content (AvgIpc) is 3.29. The van der Waals surface area contributed by atoms with Gasteiger partial charge in [0.25, 0.3) is 5.91 Å². The van der Waals surface area contributed by atoms with Crippen molar-refractivity contribution in [3.05, 3.63) is 54.2 Å². The lowest BCUT2D eigenvalue weighted by Gasteiger charge is -2.29. The first-order valence-corrected chi connectivity index (χ1v) is 9.82. The van der Waals surface area contributed by atoms with E-state index in [2.05, 4.69) is 10.3 Å². The van der Waals surface area contributed by atoms with Gasteiger partial charge in [-0.05, 0) is 20.2 Å². The Morgan fingerprint density at radius 2 is 1.97 bits per heavy atom. The maximum Gasteiger partial charge on any atom is 0.424 e. The van der Waals surface area contributed by atoms with Crippen molar-refractivity contribution >= 4 is 16.8 Å². The van der Waals surface area contributed by atoms with Crippen LogP contribution in [0.25, 0.3) is 10.9 Å². The number of amides is 1. The molecule has 0 aliphatic rings. The number of carbonyl (C=O) groups excluding carboxylic acids is 1. The lowest BCUT2D eigenvalue weighted by molar-refractivity contribution is -0.272. The van der Waals surface area contributed by atoms with E-state index in [4.69, 9.17) is 0 Å². The van der Waals surface area contributed by atoms with Crippen molar-refractivity contribution in [2.45, 2.75) is 24.7 Å². The molecule has 0 saturated heterocycles. The van der Waals surface area contributed by atoms with Crippen molar-refractivity contribution < 1.29 is 23.1 Å². The Bertz CT molecular complexity index is 1060. The molecule has 0 bridgehead atoms. The van der Waals surface area contributed by atoms with E-state index in [1.165, 1.54) is 19.4 Å². The number of hydrogen-bond acceptors (Lipinski definition) is 4. The van der Waals surface area contributed by atoms with Crippen LogP contribution in [0.3, 0.4) is 0 Å². The predicted octanol–water partition coefficient (Wildman–Crippen LogP) is 2.51. The molecule has 3 aromatic rings. The number of alkyl halides is 3. The molecular weight excluding hydrogens is 411 g/mol. The molecule has 2 heterocycles. The highest BCUT2D eigenvalue weighted by atomic mass is 19.4. The monoisotopic (exact) mass is 437 g/mol. The molecule has 168 valence electrons. The molecule has 1 amide bonds. The molecule has 0 spiro atoms. The summed E-state index contributed by atoms with van der Waals surface area (Å²) in [6.07, 6.45) is -1.48. The van der Waals surface area contributed by atoms with Gasteiger partial charge in [-0.1, -0.05) is 18.2 Å². The van der Waals surface area contributed by atoms with Crippen LogP contribution in [0.5, 0.6) is 0 Å². The van der Waals surface area contributed by atoms with Crippen LogP contribution in [-0.2, 0) is 19.2 Å². The number of fused-ring (bicyclic) bond motifs is 1. The molecule has 0 aliphatic carbocycles. The number of aromatic nitrogens is 3. The number of benzene rings is 1. The summed E-state index contributed by atoms with van der Waals surface area (Å²) < 4.78 is 44.0. The molecule has 2 aromatic heterocycles. The summed E-state index contributed by atoms with van der Waals surface area (Å²) in [5.74, 6) is -1.02. The number of rotatable bonds is 8. The zero-order valence-electron chi connectivity index (χ0n) is 17.6. The zero-order valence-corrected chi connectivity index (χ0v) is 17.6. The Kier molecular flexibility index (Phi) is 6.42. The smallest absolute Gasteiger partial charge is 0.374 e. The summed E-state index contributed by atoms with van der Waals surface area (Å²) in [5.41, 5.74) is -1.92. The third-order valence-electron chi connectivity index (χ3n) is 5.25. The zero-order chi connectivity index (χ0) is 22.8. The van der Waals surface area contributed by atoms with Gasteiger partial charge < -0.3 is 24.5 Å². The van der Waals surface area contributed by atoms with Crippen molar-refractivity contribution in [3.8, 4) is 0 Å². The maximum absolute atomic E-state index is 13.6. The molecule has 31 heavy (non-hydrogen) atoms. The molecule has 0 radical (unpaired) electrons. The Morgan fingerprint density at radius 1 is 1.26 bits per heavy atom. The summed E-state index contributed by atoms with van der Waals surface area (Å²) in [7, 11) is 5.27. The van der Waals surface area contributed by atoms with E-state index in [1.807, 2.05) is 35.7 Å². The summed E-state index contributed by atoms with van der Waals surface area (Å²) in [6, 6.07) is 7.37. The van der Waals surface area contributed by atoms with Crippen LogP contribution in [0.1, 0.15) is 22.6 Å². The molecule has 0 saturated carbocycles. The summed E-state index contributed by atoms with van der Waals surface area (Å²) in [4.78, 5) is 18.5. The standard InChI is InChI=1S/C21H26F3N5O2/c1-27(2)12-13-29-14-16(15-6-4-5-7-17(15)29)18(30)25-9-8-20(31,21(22,23)24)19-26-10-11-28(19)3/h4-7,10-11,14,31H,8-9,12-13H2,1-3H3,(H,25,30)/t20-/m1/s1. The largest absolute Gasteiger partial charge is 0.424 e. The highest BCUT2D eigenvalue weighted by Crippen LogP contribution is 2.40. The molecule has 2 N–H and O–H groups in total. The number of likely N-dealkylation sites (N-methyl/N-ethyl adjacent to an activating group) is 1. The number of hydrogen-bond donors (Lipinski definition) is 2. The molecule has 0 unspecified atom stereocenters. The highest BCUT2D eigenvalue weighted by Gasteiger charge is 2.57. The fraction of sp³-hybridized carbons (Fsp3) is 0.429. The summed E-state index contributed by atoms with van der Waals surface area (Å²) >= 11 is 0. The predicted molar refractivity (Wildman–Crippen MR) is 111 cm³/mol. The molecule has 1 aromatic carbocycles. The number of nitrogens with zero attached hydrogens (tertiary/aromatic N) is 4. The quantitative estimate of drug-likeness (QED) is 0.568. The maximum atomic E-state index is 13.6. The number of carbonyl (C=O) groups is 1. The molecular formula is C21H26F3N5O2. The molecule has 1 atom stereocenters. The van der Waals surface area contributed by atoms with E-state index in [1.54, 1.807) is 18.3 Å². The van der Waals surface area contributed by atoms with E-state index in [0.717, 1.165) is 16.6 Å². The second kappa shape index (κ2) is 8.72. The van der Waals surface area contributed by atoms with Crippen molar-refractivity contribution in [1.82, 2.24) is 24.3 Å². The third-order valence-corrected chi connectivity index (χ3v) is 5.25. The first kappa shape index (κ1) is 22.8. The fourth-order valence-electron chi connectivity index (χ4n) is 3.52. The minimum Gasteiger partial charge on any atom is -0.374 e. The SMILES string of the molecule is CN(C)CCn1cc(C(=O)NCC[C@@](O)(c2nccn2C)C(F)(F)F)c2ccccc21. The number of para-hydroxylation sites is 1. The van der Waals surface area contributed by atoms with E-state index in [-0.39, 0.29) is 6.54 Å². The first-order chi connectivity index (χ1) is 14.5. The van der Waals surface area contributed by atoms with Gasteiger partial charge in [0.05, 0.1) is 5.56 Å². The van der Waals surface area contributed by atoms with Crippen molar-refractivity contribution in [2.24, 2.45) is 7.05 Å². The molecule has 0 fully saturated rings. The van der Waals surface area contributed by atoms with Crippen molar-refractivity contribution in [3.63, 3.8) is 0 Å².